The maximum atomic E-state index is 5.73. The van der Waals surface area contributed by atoms with Gasteiger partial charge in [0.05, 0.1) is 36.9 Å². The third-order valence-corrected chi connectivity index (χ3v) is 4.69. The van der Waals surface area contributed by atoms with E-state index in [0.717, 1.165) is 35.9 Å². The number of anilines is 1. The van der Waals surface area contributed by atoms with E-state index in [9.17, 15) is 0 Å². The van der Waals surface area contributed by atoms with Gasteiger partial charge in [-0.1, -0.05) is 0 Å². The summed E-state index contributed by atoms with van der Waals surface area (Å²) in [6.45, 7) is 5.80. The summed E-state index contributed by atoms with van der Waals surface area (Å²) < 4.78 is 7.52. The van der Waals surface area contributed by atoms with E-state index in [1.165, 1.54) is 25.9 Å². The molecule has 7 nitrogen and oxygen atoms in total. The lowest BCUT2D eigenvalue weighted by Gasteiger charge is -2.28. The Morgan fingerprint density at radius 2 is 2.05 bits per heavy atom. The summed E-state index contributed by atoms with van der Waals surface area (Å²) >= 11 is 0. The number of likely N-dealkylation sites (tertiary alicyclic amines) is 1. The minimum atomic E-state index is 0.274. The molecule has 0 amide bonds. The van der Waals surface area contributed by atoms with Gasteiger partial charge in [0.25, 0.3) is 0 Å². The van der Waals surface area contributed by atoms with Crippen molar-refractivity contribution < 1.29 is 4.74 Å². The Morgan fingerprint density at radius 3 is 2.86 bits per heavy atom. The smallest absolute Gasteiger partial charge is 0.163 e. The second-order valence-corrected chi connectivity index (χ2v) is 6.22. The van der Waals surface area contributed by atoms with E-state index in [0.29, 0.717) is 6.04 Å². The standard InChI is InChI=1S/C15H22N6O/c1-10-17-14(11-7-16-20(2)15(11)18-10)19-12-8-22-9-13(12)21-5-3-4-6-21/h7,12-13H,3-6,8-9H2,1-2H3,(H,17,18,19)/t12-,13-/m0/s1. The summed E-state index contributed by atoms with van der Waals surface area (Å²) in [5, 5.41) is 8.87. The summed E-state index contributed by atoms with van der Waals surface area (Å²) in [7, 11) is 1.91. The van der Waals surface area contributed by atoms with Crippen molar-refractivity contribution in [1.29, 1.82) is 0 Å². The highest BCUT2D eigenvalue weighted by Crippen LogP contribution is 2.25. The highest BCUT2D eigenvalue weighted by atomic mass is 16.5. The Morgan fingerprint density at radius 1 is 1.23 bits per heavy atom. The summed E-state index contributed by atoms with van der Waals surface area (Å²) in [5.41, 5.74) is 0.867. The van der Waals surface area contributed by atoms with Crippen LogP contribution in [-0.4, -0.2) is 63.0 Å². The number of nitrogens with one attached hydrogen (secondary N) is 1. The summed E-state index contributed by atoms with van der Waals surface area (Å²) in [6, 6.07) is 0.709. The Balaban J connectivity index is 1.62. The average molecular weight is 302 g/mol. The van der Waals surface area contributed by atoms with E-state index in [-0.39, 0.29) is 6.04 Å². The van der Waals surface area contributed by atoms with Crippen molar-refractivity contribution in [3.63, 3.8) is 0 Å². The molecule has 0 aromatic carbocycles. The molecule has 0 radical (unpaired) electrons. The molecule has 2 atom stereocenters. The highest BCUT2D eigenvalue weighted by molar-refractivity contribution is 5.86. The summed E-state index contributed by atoms with van der Waals surface area (Å²) in [4.78, 5) is 11.6. The molecule has 1 N–H and O–H groups in total. The van der Waals surface area contributed by atoms with E-state index in [2.05, 4.69) is 25.3 Å². The lowest BCUT2D eigenvalue weighted by atomic mass is 10.1. The van der Waals surface area contributed by atoms with Crippen LogP contribution in [0.15, 0.2) is 6.20 Å². The Labute approximate surface area is 129 Å². The van der Waals surface area contributed by atoms with Crippen LogP contribution in [0, 0.1) is 6.92 Å². The van der Waals surface area contributed by atoms with Crippen LogP contribution < -0.4 is 5.32 Å². The van der Waals surface area contributed by atoms with Crippen LogP contribution in [0.3, 0.4) is 0 Å². The fourth-order valence-corrected chi connectivity index (χ4v) is 3.53. The van der Waals surface area contributed by atoms with E-state index in [4.69, 9.17) is 4.74 Å². The predicted octanol–water partition coefficient (Wildman–Crippen LogP) is 0.947. The van der Waals surface area contributed by atoms with Crippen molar-refractivity contribution >= 4 is 16.9 Å². The van der Waals surface area contributed by atoms with E-state index < -0.39 is 0 Å². The second kappa shape index (κ2) is 5.48. The fraction of sp³-hybridized carbons (Fsp3) is 0.667. The van der Waals surface area contributed by atoms with Crippen LogP contribution in [0.1, 0.15) is 18.7 Å². The van der Waals surface area contributed by atoms with Gasteiger partial charge in [-0.05, 0) is 32.9 Å². The number of fused-ring (bicyclic) bond motifs is 1. The largest absolute Gasteiger partial charge is 0.378 e. The van der Waals surface area contributed by atoms with Gasteiger partial charge >= 0.3 is 0 Å². The van der Waals surface area contributed by atoms with Crippen LogP contribution in [0.5, 0.6) is 0 Å². The molecule has 2 fully saturated rings. The molecule has 118 valence electrons. The number of aromatic nitrogens is 4. The molecule has 2 saturated heterocycles. The Kier molecular flexibility index (Phi) is 3.46. The molecular weight excluding hydrogens is 280 g/mol. The van der Waals surface area contributed by atoms with Crippen molar-refractivity contribution in [1.82, 2.24) is 24.6 Å². The molecule has 0 aliphatic carbocycles. The van der Waals surface area contributed by atoms with Crippen molar-refractivity contribution in [3.8, 4) is 0 Å². The molecule has 2 aromatic rings. The van der Waals surface area contributed by atoms with Gasteiger partial charge in [-0.25, -0.2) is 9.97 Å². The lowest BCUT2D eigenvalue weighted by Crippen LogP contribution is -2.45. The molecule has 4 heterocycles. The van der Waals surface area contributed by atoms with Crippen LogP contribution in [0.4, 0.5) is 5.82 Å². The minimum absolute atomic E-state index is 0.274. The second-order valence-electron chi connectivity index (χ2n) is 6.22. The van der Waals surface area contributed by atoms with E-state index >= 15 is 0 Å². The molecule has 0 bridgehead atoms. The Bertz CT molecular complexity index is 678. The topological polar surface area (TPSA) is 68.1 Å². The van der Waals surface area contributed by atoms with Crippen LogP contribution in [0.2, 0.25) is 0 Å². The van der Waals surface area contributed by atoms with E-state index in [1.54, 1.807) is 4.68 Å². The van der Waals surface area contributed by atoms with Gasteiger partial charge in [-0.3, -0.25) is 9.58 Å². The van der Waals surface area contributed by atoms with Gasteiger partial charge in [0, 0.05) is 7.05 Å². The molecule has 0 spiro atoms. The van der Waals surface area contributed by atoms with Gasteiger partial charge in [-0.2, -0.15) is 5.10 Å². The first-order valence-corrected chi connectivity index (χ1v) is 7.97. The number of aryl methyl sites for hydroxylation is 2. The van der Waals surface area contributed by atoms with Gasteiger partial charge < -0.3 is 10.1 Å². The first-order valence-electron chi connectivity index (χ1n) is 7.97. The van der Waals surface area contributed by atoms with Crippen molar-refractivity contribution in [2.75, 3.05) is 31.6 Å². The summed E-state index contributed by atoms with van der Waals surface area (Å²) in [5.74, 6) is 1.63. The number of hydrogen-bond donors (Lipinski definition) is 1. The number of rotatable bonds is 3. The predicted molar refractivity (Wildman–Crippen MR) is 83.9 cm³/mol. The lowest BCUT2D eigenvalue weighted by molar-refractivity contribution is 0.159. The maximum absolute atomic E-state index is 5.73. The first-order chi connectivity index (χ1) is 10.7. The molecule has 2 aliphatic rings. The average Bonchev–Trinajstić information content (AvgIpc) is 3.20. The zero-order valence-electron chi connectivity index (χ0n) is 13.1. The zero-order valence-corrected chi connectivity index (χ0v) is 13.1. The van der Waals surface area contributed by atoms with Crippen LogP contribution in [-0.2, 0) is 11.8 Å². The molecule has 0 unspecified atom stereocenters. The fourth-order valence-electron chi connectivity index (χ4n) is 3.53. The zero-order chi connectivity index (χ0) is 15.1. The maximum Gasteiger partial charge on any atom is 0.163 e. The van der Waals surface area contributed by atoms with Gasteiger partial charge in [0.2, 0.25) is 0 Å². The highest BCUT2D eigenvalue weighted by Gasteiger charge is 2.34. The van der Waals surface area contributed by atoms with Gasteiger partial charge in [0.1, 0.15) is 11.6 Å². The normalized spacial score (nSPS) is 26.1. The first kappa shape index (κ1) is 13.9. The summed E-state index contributed by atoms with van der Waals surface area (Å²) in [6.07, 6.45) is 4.42. The van der Waals surface area contributed by atoms with Crippen molar-refractivity contribution in [2.45, 2.75) is 31.8 Å². The Hall–Kier alpha value is -1.73. The van der Waals surface area contributed by atoms with Crippen LogP contribution in [0.25, 0.3) is 11.0 Å². The molecule has 22 heavy (non-hydrogen) atoms. The quantitative estimate of drug-likeness (QED) is 0.910. The van der Waals surface area contributed by atoms with Crippen molar-refractivity contribution in [2.24, 2.45) is 7.05 Å². The van der Waals surface area contributed by atoms with E-state index in [1.807, 2.05) is 20.2 Å². The van der Waals surface area contributed by atoms with Gasteiger partial charge in [0.15, 0.2) is 5.65 Å². The number of hydrogen-bond acceptors (Lipinski definition) is 6. The number of nitrogens with zero attached hydrogens (tertiary/aromatic N) is 5. The molecular formula is C15H22N6O. The van der Waals surface area contributed by atoms with Crippen LogP contribution >= 0.6 is 0 Å². The third kappa shape index (κ3) is 2.34. The molecule has 2 aliphatic heterocycles. The minimum Gasteiger partial charge on any atom is -0.378 e. The molecule has 0 saturated carbocycles. The van der Waals surface area contributed by atoms with Crippen molar-refractivity contribution in [3.05, 3.63) is 12.0 Å². The monoisotopic (exact) mass is 302 g/mol. The van der Waals surface area contributed by atoms with Gasteiger partial charge in [-0.15, -0.1) is 0 Å². The molecule has 7 heteroatoms. The number of ether oxygens (including phenoxy) is 1. The SMILES string of the molecule is Cc1nc(N[C@H]2COC[C@@H]2N2CCCC2)c2cnn(C)c2n1. The third-order valence-electron chi connectivity index (χ3n) is 4.69. The molecule has 4 rings (SSSR count). The molecule has 2 aromatic heterocycles.